The summed E-state index contributed by atoms with van der Waals surface area (Å²) in [5.41, 5.74) is 1.14. The zero-order valence-corrected chi connectivity index (χ0v) is 15.9. The van der Waals surface area contributed by atoms with E-state index in [-0.39, 0.29) is 23.3 Å². The molecule has 1 spiro atoms. The van der Waals surface area contributed by atoms with Crippen molar-refractivity contribution in [1.82, 2.24) is 10.2 Å². The van der Waals surface area contributed by atoms with E-state index >= 15 is 0 Å². The van der Waals surface area contributed by atoms with Gasteiger partial charge >= 0.3 is 0 Å². The van der Waals surface area contributed by atoms with Crippen molar-refractivity contribution in [1.29, 1.82) is 0 Å². The van der Waals surface area contributed by atoms with Crippen LogP contribution in [0.4, 0.5) is 0 Å². The Kier molecular flexibility index (Phi) is 5.84. The van der Waals surface area contributed by atoms with Crippen LogP contribution in [0.1, 0.15) is 57.4 Å². The van der Waals surface area contributed by atoms with E-state index in [9.17, 15) is 9.59 Å². The highest BCUT2D eigenvalue weighted by Crippen LogP contribution is 2.44. The first-order valence-corrected chi connectivity index (χ1v) is 9.77. The topological polar surface area (TPSA) is 58.6 Å². The third-order valence-electron chi connectivity index (χ3n) is 5.96. The Labute approximate surface area is 156 Å². The van der Waals surface area contributed by atoms with Crippen LogP contribution < -0.4 is 10.1 Å². The third-order valence-corrected chi connectivity index (χ3v) is 5.96. The monoisotopic (exact) mass is 358 g/mol. The fourth-order valence-corrected chi connectivity index (χ4v) is 4.45. The molecule has 1 heterocycles. The number of methoxy groups -OCH3 is 1. The number of nitrogens with one attached hydrogen (secondary N) is 1. The lowest BCUT2D eigenvalue weighted by Gasteiger charge is -2.34. The van der Waals surface area contributed by atoms with Gasteiger partial charge in [0.15, 0.2) is 0 Å². The molecule has 0 aromatic heterocycles. The first-order chi connectivity index (χ1) is 12.6. The van der Waals surface area contributed by atoms with Gasteiger partial charge in [-0.3, -0.25) is 9.59 Å². The molecule has 2 amide bonds. The Morgan fingerprint density at radius 1 is 1.23 bits per heavy atom. The average Bonchev–Trinajstić information content (AvgIpc) is 2.97. The zero-order valence-electron chi connectivity index (χ0n) is 15.9. The fraction of sp³-hybridized carbons (Fsp3) is 0.619. The second kappa shape index (κ2) is 8.11. The molecule has 142 valence electrons. The van der Waals surface area contributed by atoms with Crippen LogP contribution in [-0.4, -0.2) is 36.4 Å². The first-order valence-electron chi connectivity index (χ1n) is 9.77. The first kappa shape index (κ1) is 18.7. The molecule has 1 saturated heterocycles. The molecule has 2 aliphatic rings. The molecule has 2 fully saturated rings. The van der Waals surface area contributed by atoms with Gasteiger partial charge in [0.1, 0.15) is 11.8 Å². The van der Waals surface area contributed by atoms with Gasteiger partial charge < -0.3 is 15.0 Å². The summed E-state index contributed by atoms with van der Waals surface area (Å²) in [4.78, 5) is 27.2. The van der Waals surface area contributed by atoms with E-state index in [2.05, 4.69) is 5.32 Å². The van der Waals surface area contributed by atoms with E-state index in [1.165, 1.54) is 19.3 Å². The van der Waals surface area contributed by atoms with Gasteiger partial charge in [-0.1, -0.05) is 38.3 Å². The summed E-state index contributed by atoms with van der Waals surface area (Å²) in [7, 11) is 1.63. The summed E-state index contributed by atoms with van der Waals surface area (Å²) in [5.74, 6) is 0.898. The normalized spacial score (nSPS) is 20.2. The van der Waals surface area contributed by atoms with Gasteiger partial charge in [0.2, 0.25) is 11.8 Å². The van der Waals surface area contributed by atoms with Gasteiger partial charge in [-0.05, 0) is 42.4 Å². The summed E-state index contributed by atoms with van der Waals surface area (Å²) in [6, 6.07) is 7.29. The summed E-state index contributed by atoms with van der Waals surface area (Å²) in [6.07, 6.45) is 7.21. The Hall–Kier alpha value is -2.04. The number of likely N-dealkylation sites (tertiary alicyclic amines) is 1. The maximum absolute atomic E-state index is 12.7. The van der Waals surface area contributed by atoms with Gasteiger partial charge in [-0.15, -0.1) is 0 Å². The second-order valence-electron chi connectivity index (χ2n) is 7.75. The smallest absolute Gasteiger partial charge is 0.243 e. The van der Waals surface area contributed by atoms with Crippen molar-refractivity contribution in [2.75, 3.05) is 13.7 Å². The van der Waals surface area contributed by atoms with Crippen molar-refractivity contribution < 1.29 is 14.3 Å². The lowest BCUT2D eigenvalue weighted by atomic mass is 9.73. The molecule has 0 bridgehead atoms. The Balaban J connectivity index is 1.60. The van der Waals surface area contributed by atoms with E-state index in [1.54, 1.807) is 7.11 Å². The van der Waals surface area contributed by atoms with Crippen LogP contribution in [-0.2, 0) is 16.1 Å². The molecule has 1 atom stereocenters. The molecule has 1 saturated carbocycles. The minimum atomic E-state index is -0.359. The second-order valence-corrected chi connectivity index (χ2v) is 7.75. The zero-order chi connectivity index (χ0) is 18.6. The molecule has 1 aliphatic carbocycles. The molecule has 5 heteroatoms. The van der Waals surface area contributed by atoms with Crippen LogP contribution in [0.2, 0.25) is 0 Å². The van der Waals surface area contributed by atoms with E-state index in [1.807, 2.05) is 36.1 Å². The van der Waals surface area contributed by atoms with Crippen molar-refractivity contribution in [3.8, 4) is 5.75 Å². The molecule has 1 N–H and O–H groups in total. The van der Waals surface area contributed by atoms with Crippen LogP contribution in [0, 0.1) is 5.41 Å². The Morgan fingerprint density at radius 3 is 2.54 bits per heavy atom. The number of ether oxygens (including phenoxy) is 1. The fourth-order valence-electron chi connectivity index (χ4n) is 4.45. The number of carbonyl (C=O) groups excluding carboxylic acids is 2. The lowest BCUT2D eigenvalue weighted by Crippen LogP contribution is -2.47. The number of benzene rings is 1. The number of nitrogens with zero attached hydrogens (tertiary/aromatic N) is 1. The summed E-state index contributed by atoms with van der Waals surface area (Å²) in [6.45, 7) is 3.20. The maximum atomic E-state index is 12.7. The molecule has 1 unspecified atom stereocenters. The number of rotatable bonds is 6. The van der Waals surface area contributed by atoms with Gasteiger partial charge in [-0.25, -0.2) is 0 Å². The van der Waals surface area contributed by atoms with E-state index < -0.39 is 0 Å². The van der Waals surface area contributed by atoms with Crippen LogP contribution in [0.25, 0.3) is 0 Å². The van der Waals surface area contributed by atoms with Gasteiger partial charge in [0, 0.05) is 19.5 Å². The highest BCUT2D eigenvalue weighted by atomic mass is 16.5. The summed E-state index contributed by atoms with van der Waals surface area (Å²) >= 11 is 0. The highest BCUT2D eigenvalue weighted by Gasteiger charge is 2.46. The molecule has 5 nitrogen and oxygen atoms in total. The molecular formula is C21H30N2O3. The largest absolute Gasteiger partial charge is 0.497 e. The van der Waals surface area contributed by atoms with E-state index in [0.29, 0.717) is 19.4 Å². The third kappa shape index (κ3) is 4.02. The standard InChI is InChI=1S/C21H30N2O3/c1-3-18(20(25)22-14-16-7-9-17(26-2)10-8-16)23-15-21(13-19(23)24)11-5-4-6-12-21/h7-10,18H,3-6,11-15H2,1-2H3,(H,22,25). The Morgan fingerprint density at radius 2 is 1.92 bits per heavy atom. The van der Waals surface area contributed by atoms with E-state index in [0.717, 1.165) is 30.7 Å². The van der Waals surface area contributed by atoms with Crippen molar-refractivity contribution in [3.05, 3.63) is 29.8 Å². The predicted octanol–water partition coefficient (Wildman–Crippen LogP) is 3.27. The molecule has 1 aromatic rings. The Bertz CT molecular complexity index is 635. The number of hydrogen-bond donors (Lipinski definition) is 1. The molecule has 3 rings (SSSR count). The van der Waals surface area contributed by atoms with Gasteiger partial charge in [0.05, 0.1) is 7.11 Å². The minimum Gasteiger partial charge on any atom is -0.497 e. The van der Waals surface area contributed by atoms with Crippen molar-refractivity contribution in [2.45, 2.75) is 64.5 Å². The molecule has 1 aliphatic heterocycles. The predicted molar refractivity (Wildman–Crippen MR) is 101 cm³/mol. The van der Waals surface area contributed by atoms with Gasteiger partial charge in [-0.2, -0.15) is 0 Å². The van der Waals surface area contributed by atoms with Crippen molar-refractivity contribution in [3.63, 3.8) is 0 Å². The summed E-state index contributed by atoms with van der Waals surface area (Å²) < 4.78 is 5.15. The maximum Gasteiger partial charge on any atom is 0.243 e. The minimum absolute atomic E-state index is 0.0514. The average molecular weight is 358 g/mol. The number of amides is 2. The van der Waals surface area contributed by atoms with E-state index in [4.69, 9.17) is 4.74 Å². The number of carbonyl (C=O) groups is 2. The number of hydrogen-bond acceptors (Lipinski definition) is 3. The molecule has 1 aromatic carbocycles. The van der Waals surface area contributed by atoms with Crippen LogP contribution in [0.3, 0.4) is 0 Å². The van der Waals surface area contributed by atoms with Crippen LogP contribution >= 0.6 is 0 Å². The lowest BCUT2D eigenvalue weighted by molar-refractivity contribution is -0.137. The van der Waals surface area contributed by atoms with Crippen LogP contribution in [0.15, 0.2) is 24.3 Å². The molecule has 26 heavy (non-hydrogen) atoms. The summed E-state index contributed by atoms with van der Waals surface area (Å²) in [5, 5.41) is 3.00. The van der Waals surface area contributed by atoms with Crippen LogP contribution in [0.5, 0.6) is 5.75 Å². The van der Waals surface area contributed by atoms with Gasteiger partial charge in [0.25, 0.3) is 0 Å². The van der Waals surface area contributed by atoms with Crippen molar-refractivity contribution in [2.24, 2.45) is 5.41 Å². The molecule has 0 radical (unpaired) electrons. The van der Waals surface area contributed by atoms with Crippen molar-refractivity contribution >= 4 is 11.8 Å². The molecular weight excluding hydrogens is 328 g/mol. The highest BCUT2D eigenvalue weighted by molar-refractivity contribution is 5.89. The quantitative estimate of drug-likeness (QED) is 0.849. The SMILES string of the molecule is CCC(C(=O)NCc1ccc(OC)cc1)N1CC2(CCCCC2)CC1=O.